The lowest BCUT2D eigenvalue weighted by molar-refractivity contribution is 0.0943. The Balaban J connectivity index is 0.00000256. The third kappa shape index (κ3) is 4.42. The molecule has 0 saturated carbocycles. The summed E-state index contributed by atoms with van der Waals surface area (Å²) in [4.78, 5) is 13.0. The Hall–Kier alpha value is -3.03. The summed E-state index contributed by atoms with van der Waals surface area (Å²) in [5.41, 5.74) is 2.79. The number of aromatic nitrogens is 2. The number of amides is 1. The van der Waals surface area contributed by atoms with E-state index in [9.17, 15) is 4.79 Å². The molecule has 2 aromatic carbocycles. The molecule has 0 atom stereocenters. The summed E-state index contributed by atoms with van der Waals surface area (Å²) in [5, 5.41) is 11.0. The minimum Gasteiger partial charge on any atom is -0.493 e. The van der Waals surface area contributed by atoms with Crippen molar-refractivity contribution >= 4 is 18.3 Å². The van der Waals surface area contributed by atoms with Gasteiger partial charge >= 0.3 is 0 Å². The highest BCUT2D eigenvalue weighted by atomic mass is 35.5. The standard InChI is InChI=1S/C22H24N4O3.ClH/c1-28-19-9-8-16(10-20(19)29-2)21-18(22(27)24-13-15-11-23-12-15)14-26(25-21)17-6-4-3-5-7-17;/h3-10,14-15,23H,11-13H2,1-2H3,(H,24,27);1H. The molecular formula is C22H25ClN4O3. The zero-order valence-electron chi connectivity index (χ0n) is 16.9. The zero-order chi connectivity index (χ0) is 20.2. The van der Waals surface area contributed by atoms with E-state index in [0.29, 0.717) is 35.2 Å². The lowest BCUT2D eigenvalue weighted by Gasteiger charge is -2.27. The van der Waals surface area contributed by atoms with Crippen LogP contribution in [0.2, 0.25) is 0 Å². The molecular weight excluding hydrogens is 404 g/mol. The summed E-state index contributed by atoms with van der Waals surface area (Å²) in [7, 11) is 3.18. The van der Waals surface area contributed by atoms with E-state index < -0.39 is 0 Å². The lowest BCUT2D eigenvalue weighted by Crippen LogP contribution is -2.48. The van der Waals surface area contributed by atoms with Gasteiger partial charge in [-0.3, -0.25) is 4.79 Å². The molecule has 1 aliphatic heterocycles. The van der Waals surface area contributed by atoms with Crippen molar-refractivity contribution in [2.24, 2.45) is 5.92 Å². The van der Waals surface area contributed by atoms with Crippen LogP contribution in [0.25, 0.3) is 16.9 Å². The fourth-order valence-electron chi connectivity index (χ4n) is 3.27. The number of carbonyl (C=O) groups excluding carboxylic acids is 1. The lowest BCUT2D eigenvalue weighted by atomic mass is 10.0. The number of carbonyl (C=O) groups is 1. The minimum atomic E-state index is -0.135. The predicted molar refractivity (Wildman–Crippen MR) is 118 cm³/mol. The van der Waals surface area contributed by atoms with Crippen molar-refractivity contribution in [2.75, 3.05) is 33.9 Å². The number of nitrogens with one attached hydrogen (secondary N) is 2. The molecule has 1 fully saturated rings. The van der Waals surface area contributed by atoms with Crippen LogP contribution in [0.4, 0.5) is 0 Å². The summed E-state index contributed by atoms with van der Waals surface area (Å²) in [6.07, 6.45) is 1.77. The molecule has 1 amide bonds. The van der Waals surface area contributed by atoms with Gasteiger partial charge in [0.25, 0.3) is 5.91 Å². The Labute approximate surface area is 181 Å². The second-order valence-electron chi connectivity index (χ2n) is 6.98. The molecule has 8 heteroatoms. The summed E-state index contributed by atoms with van der Waals surface area (Å²) in [6.45, 7) is 2.52. The van der Waals surface area contributed by atoms with Crippen molar-refractivity contribution in [3.05, 3.63) is 60.3 Å². The van der Waals surface area contributed by atoms with Crippen molar-refractivity contribution in [3.63, 3.8) is 0 Å². The van der Waals surface area contributed by atoms with Gasteiger partial charge in [0.2, 0.25) is 0 Å². The molecule has 0 radical (unpaired) electrons. The van der Waals surface area contributed by atoms with Crippen molar-refractivity contribution in [1.29, 1.82) is 0 Å². The van der Waals surface area contributed by atoms with Gasteiger partial charge in [-0.25, -0.2) is 4.68 Å². The van der Waals surface area contributed by atoms with Crippen LogP contribution in [0.3, 0.4) is 0 Å². The molecule has 30 heavy (non-hydrogen) atoms. The van der Waals surface area contributed by atoms with E-state index >= 15 is 0 Å². The quantitative estimate of drug-likeness (QED) is 0.605. The molecule has 1 aromatic heterocycles. The number of methoxy groups -OCH3 is 2. The third-order valence-corrected chi connectivity index (χ3v) is 5.05. The summed E-state index contributed by atoms with van der Waals surface area (Å²) < 4.78 is 12.5. The van der Waals surface area contributed by atoms with E-state index in [4.69, 9.17) is 14.6 Å². The zero-order valence-corrected chi connectivity index (χ0v) is 17.7. The minimum absolute atomic E-state index is 0. The number of benzene rings is 2. The Kier molecular flexibility index (Phi) is 6.97. The van der Waals surface area contributed by atoms with Gasteiger partial charge in [0.15, 0.2) is 11.5 Å². The average molecular weight is 429 g/mol. The fraction of sp³-hybridized carbons (Fsp3) is 0.273. The molecule has 1 aliphatic rings. The molecule has 7 nitrogen and oxygen atoms in total. The van der Waals surface area contributed by atoms with Crippen LogP contribution in [0.5, 0.6) is 11.5 Å². The van der Waals surface area contributed by atoms with Crippen LogP contribution >= 0.6 is 12.4 Å². The van der Waals surface area contributed by atoms with Gasteiger partial charge < -0.3 is 20.1 Å². The molecule has 3 aromatic rings. The topological polar surface area (TPSA) is 77.4 Å². The van der Waals surface area contributed by atoms with Crippen LogP contribution in [-0.2, 0) is 0 Å². The van der Waals surface area contributed by atoms with Gasteiger partial charge in [-0.15, -0.1) is 12.4 Å². The Morgan fingerprint density at radius 2 is 1.87 bits per heavy atom. The number of hydrogen-bond donors (Lipinski definition) is 2. The summed E-state index contributed by atoms with van der Waals surface area (Å²) >= 11 is 0. The highest BCUT2D eigenvalue weighted by molar-refractivity contribution is 6.00. The van der Waals surface area contributed by atoms with Gasteiger partial charge in [-0.05, 0) is 30.3 Å². The number of para-hydroxylation sites is 1. The van der Waals surface area contributed by atoms with E-state index in [-0.39, 0.29) is 18.3 Å². The Morgan fingerprint density at radius 3 is 2.50 bits per heavy atom. The van der Waals surface area contributed by atoms with Gasteiger partial charge in [0, 0.05) is 37.3 Å². The number of rotatable bonds is 7. The highest BCUT2D eigenvalue weighted by Gasteiger charge is 2.22. The van der Waals surface area contributed by atoms with E-state index in [1.54, 1.807) is 25.1 Å². The van der Waals surface area contributed by atoms with Crippen molar-refractivity contribution in [3.8, 4) is 28.4 Å². The largest absolute Gasteiger partial charge is 0.493 e. The first-order valence-corrected chi connectivity index (χ1v) is 9.56. The molecule has 0 aliphatic carbocycles. The van der Waals surface area contributed by atoms with Crippen LogP contribution in [0, 0.1) is 5.92 Å². The molecule has 2 N–H and O–H groups in total. The highest BCUT2D eigenvalue weighted by Crippen LogP contribution is 2.33. The summed E-state index contributed by atoms with van der Waals surface area (Å²) in [5.74, 6) is 1.56. The number of ether oxygens (including phenoxy) is 2. The normalized spacial score (nSPS) is 13.1. The second kappa shape index (κ2) is 9.65. The third-order valence-electron chi connectivity index (χ3n) is 5.05. The maximum absolute atomic E-state index is 13.0. The summed E-state index contributed by atoms with van der Waals surface area (Å²) in [6, 6.07) is 15.3. The maximum Gasteiger partial charge on any atom is 0.255 e. The Morgan fingerprint density at radius 1 is 1.13 bits per heavy atom. The molecule has 0 spiro atoms. The molecule has 2 heterocycles. The van der Waals surface area contributed by atoms with E-state index in [2.05, 4.69) is 10.6 Å². The molecule has 0 bridgehead atoms. The smallest absolute Gasteiger partial charge is 0.255 e. The predicted octanol–water partition coefficient (Wildman–Crippen LogP) is 2.93. The van der Waals surface area contributed by atoms with E-state index in [1.165, 1.54) is 0 Å². The molecule has 1 saturated heterocycles. The van der Waals surface area contributed by atoms with Crippen molar-refractivity contribution in [1.82, 2.24) is 20.4 Å². The van der Waals surface area contributed by atoms with E-state index in [1.807, 2.05) is 48.5 Å². The first-order chi connectivity index (χ1) is 14.2. The van der Waals surface area contributed by atoms with Gasteiger partial charge in [0.05, 0.1) is 25.5 Å². The average Bonchev–Trinajstić information content (AvgIpc) is 3.18. The van der Waals surface area contributed by atoms with Crippen LogP contribution in [0.15, 0.2) is 54.7 Å². The SMILES string of the molecule is COc1ccc(-c2nn(-c3ccccc3)cc2C(=O)NCC2CNC2)cc1OC.Cl. The molecule has 158 valence electrons. The van der Waals surface area contributed by atoms with Gasteiger partial charge in [0.1, 0.15) is 5.69 Å². The van der Waals surface area contributed by atoms with E-state index in [0.717, 1.165) is 24.3 Å². The first-order valence-electron chi connectivity index (χ1n) is 9.56. The van der Waals surface area contributed by atoms with Crippen LogP contribution in [0.1, 0.15) is 10.4 Å². The molecule has 0 unspecified atom stereocenters. The first kappa shape index (κ1) is 21.7. The van der Waals surface area contributed by atoms with Gasteiger partial charge in [-0.2, -0.15) is 5.10 Å². The van der Waals surface area contributed by atoms with Crippen molar-refractivity contribution in [2.45, 2.75) is 0 Å². The fourth-order valence-corrected chi connectivity index (χ4v) is 3.27. The van der Waals surface area contributed by atoms with Crippen LogP contribution < -0.4 is 20.1 Å². The Bertz CT molecular complexity index is 1000. The number of halogens is 1. The monoisotopic (exact) mass is 428 g/mol. The maximum atomic E-state index is 13.0. The number of nitrogens with zero attached hydrogens (tertiary/aromatic N) is 2. The number of hydrogen-bond acceptors (Lipinski definition) is 5. The molecule has 4 rings (SSSR count). The van der Waals surface area contributed by atoms with Crippen molar-refractivity contribution < 1.29 is 14.3 Å². The second-order valence-corrected chi connectivity index (χ2v) is 6.98. The van der Waals surface area contributed by atoms with Crippen LogP contribution in [-0.4, -0.2) is 49.5 Å². The van der Waals surface area contributed by atoms with Gasteiger partial charge in [-0.1, -0.05) is 18.2 Å².